The lowest BCUT2D eigenvalue weighted by Gasteiger charge is -2.28. The second-order valence-corrected chi connectivity index (χ2v) is 5.57. The fraction of sp³-hybridized carbons (Fsp3) is 0.929. The van der Waals surface area contributed by atoms with Gasteiger partial charge in [-0.25, -0.2) is 0 Å². The van der Waals surface area contributed by atoms with Crippen LogP contribution in [0.2, 0.25) is 0 Å². The normalized spacial score (nSPS) is 30.5. The molecule has 0 aliphatic heterocycles. The Morgan fingerprint density at radius 2 is 2.24 bits per heavy atom. The predicted octanol–water partition coefficient (Wildman–Crippen LogP) is 2.39. The van der Waals surface area contributed by atoms with E-state index in [1.807, 2.05) is 0 Å². The highest BCUT2D eigenvalue weighted by Gasteiger charge is 2.40. The van der Waals surface area contributed by atoms with E-state index in [0.29, 0.717) is 6.04 Å². The molecule has 0 amide bonds. The zero-order chi connectivity index (χ0) is 12.9. The highest BCUT2D eigenvalue weighted by Crippen LogP contribution is 2.32. The molecule has 17 heavy (non-hydrogen) atoms. The quantitative estimate of drug-likeness (QED) is 0.771. The van der Waals surface area contributed by atoms with Crippen molar-refractivity contribution in [3.63, 3.8) is 0 Å². The van der Waals surface area contributed by atoms with Gasteiger partial charge in [0.1, 0.15) is 5.54 Å². The lowest BCUT2D eigenvalue weighted by atomic mass is 9.99. The molecule has 0 aromatic carbocycles. The molecule has 1 saturated carbocycles. The number of nitriles is 1. The first kappa shape index (κ1) is 14.5. The van der Waals surface area contributed by atoms with E-state index in [0.717, 1.165) is 38.3 Å². The highest BCUT2D eigenvalue weighted by atomic mass is 15.1. The summed E-state index contributed by atoms with van der Waals surface area (Å²) in [6.45, 7) is 8.65. The minimum Gasteiger partial charge on any atom is -0.303 e. The van der Waals surface area contributed by atoms with Gasteiger partial charge in [0.05, 0.1) is 6.07 Å². The number of hydrogen-bond acceptors (Lipinski definition) is 3. The van der Waals surface area contributed by atoms with Crippen molar-refractivity contribution in [1.29, 1.82) is 5.26 Å². The van der Waals surface area contributed by atoms with E-state index in [1.165, 1.54) is 6.42 Å². The van der Waals surface area contributed by atoms with Gasteiger partial charge in [-0.3, -0.25) is 5.32 Å². The van der Waals surface area contributed by atoms with Gasteiger partial charge in [-0.15, -0.1) is 0 Å². The third-order valence-corrected chi connectivity index (χ3v) is 4.14. The third-order valence-electron chi connectivity index (χ3n) is 4.14. The minimum atomic E-state index is -0.261. The maximum Gasteiger partial charge on any atom is 0.108 e. The van der Waals surface area contributed by atoms with Gasteiger partial charge < -0.3 is 4.90 Å². The summed E-state index contributed by atoms with van der Waals surface area (Å²) in [6, 6.07) is 3.06. The lowest BCUT2D eigenvalue weighted by molar-refractivity contribution is 0.205. The zero-order valence-corrected chi connectivity index (χ0v) is 11.8. The van der Waals surface area contributed by atoms with E-state index in [4.69, 9.17) is 0 Å². The Balaban J connectivity index is 2.51. The molecular formula is C14H27N3. The number of nitrogens with zero attached hydrogens (tertiary/aromatic N) is 2. The van der Waals surface area contributed by atoms with E-state index in [-0.39, 0.29) is 5.54 Å². The molecule has 1 N–H and O–H groups in total. The third kappa shape index (κ3) is 3.69. The van der Waals surface area contributed by atoms with Gasteiger partial charge in [0.2, 0.25) is 0 Å². The van der Waals surface area contributed by atoms with Gasteiger partial charge in [0.15, 0.2) is 0 Å². The fourth-order valence-electron chi connectivity index (χ4n) is 2.81. The maximum atomic E-state index is 9.34. The molecule has 3 unspecified atom stereocenters. The molecule has 3 nitrogen and oxygen atoms in total. The minimum absolute atomic E-state index is 0.261. The predicted molar refractivity (Wildman–Crippen MR) is 71.7 cm³/mol. The summed E-state index contributed by atoms with van der Waals surface area (Å²) in [7, 11) is 2.20. The van der Waals surface area contributed by atoms with Gasteiger partial charge in [0, 0.05) is 12.6 Å². The van der Waals surface area contributed by atoms with Crippen molar-refractivity contribution in [2.24, 2.45) is 5.92 Å². The van der Waals surface area contributed by atoms with E-state index < -0.39 is 0 Å². The van der Waals surface area contributed by atoms with Crippen LogP contribution in [0.15, 0.2) is 0 Å². The Morgan fingerprint density at radius 1 is 1.53 bits per heavy atom. The summed E-state index contributed by atoms with van der Waals surface area (Å²) in [5, 5.41) is 12.7. The molecule has 0 spiro atoms. The summed E-state index contributed by atoms with van der Waals surface area (Å²) in [4.78, 5) is 2.45. The summed E-state index contributed by atoms with van der Waals surface area (Å²) >= 11 is 0. The van der Waals surface area contributed by atoms with E-state index in [9.17, 15) is 5.26 Å². The number of rotatable bonds is 6. The Morgan fingerprint density at radius 3 is 2.76 bits per heavy atom. The Hall–Kier alpha value is -0.590. The van der Waals surface area contributed by atoms with Gasteiger partial charge >= 0.3 is 0 Å². The molecule has 98 valence electrons. The number of nitrogens with one attached hydrogen (secondary N) is 1. The zero-order valence-electron chi connectivity index (χ0n) is 11.8. The molecular weight excluding hydrogens is 210 g/mol. The van der Waals surface area contributed by atoms with Crippen LogP contribution in [0.5, 0.6) is 0 Å². The maximum absolute atomic E-state index is 9.34. The molecule has 3 atom stereocenters. The summed E-state index contributed by atoms with van der Waals surface area (Å²) < 4.78 is 0. The molecule has 1 aliphatic rings. The van der Waals surface area contributed by atoms with Crippen LogP contribution in [0.4, 0.5) is 0 Å². The van der Waals surface area contributed by atoms with Crippen molar-refractivity contribution in [3.05, 3.63) is 0 Å². The molecule has 0 saturated heterocycles. The monoisotopic (exact) mass is 237 g/mol. The van der Waals surface area contributed by atoms with Gasteiger partial charge in [0.25, 0.3) is 0 Å². The molecule has 0 aromatic rings. The molecule has 1 rings (SSSR count). The summed E-state index contributed by atoms with van der Waals surface area (Å²) in [5.41, 5.74) is -0.261. The average molecular weight is 237 g/mol. The van der Waals surface area contributed by atoms with Crippen LogP contribution in [0, 0.1) is 17.2 Å². The fourth-order valence-corrected chi connectivity index (χ4v) is 2.81. The second kappa shape index (κ2) is 6.37. The number of hydrogen-bond donors (Lipinski definition) is 1. The average Bonchev–Trinajstić information content (AvgIpc) is 2.74. The molecule has 0 radical (unpaired) electrons. The molecule has 1 aliphatic carbocycles. The van der Waals surface area contributed by atoms with Crippen molar-refractivity contribution in [2.45, 2.75) is 58.0 Å². The van der Waals surface area contributed by atoms with Gasteiger partial charge in [-0.1, -0.05) is 27.2 Å². The first-order valence-corrected chi connectivity index (χ1v) is 6.93. The van der Waals surface area contributed by atoms with Crippen LogP contribution < -0.4 is 5.32 Å². The van der Waals surface area contributed by atoms with Crippen LogP contribution in [0.1, 0.15) is 46.5 Å². The van der Waals surface area contributed by atoms with E-state index in [2.05, 4.69) is 44.1 Å². The summed E-state index contributed by atoms with van der Waals surface area (Å²) in [5.74, 6) is 0.747. The van der Waals surface area contributed by atoms with Gasteiger partial charge in [-0.05, 0) is 38.8 Å². The molecule has 0 bridgehead atoms. The smallest absolute Gasteiger partial charge is 0.108 e. The first-order chi connectivity index (χ1) is 8.06. The first-order valence-electron chi connectivity index (χ1n) is 6.93. The molecule has 3 heteroatoms. The Labute approximate surface area is 106 Å². The van der Waals surface area contributed by atoms with Crippen molar-refractivity contribution in [2.75, 3.05) is 20.1 Å². The molecule has 0 heterocycles. The largest absolute Gasteiger partial charge is 0.303 e. The Kier molecular flexibility index (Phi) is 5.42. The highest BCUT2D eigenvalue weighted by molar-refractivity contribution is 5.13. The summed E-state index contributed by atoms with van der Waals surface area (Å²) in [6.07, 6.45) is 4.35. The molecule has 1 fully saturated rings. The molecule has 0 aromatic heterocycles. The lowest BCUT2D eigenvalue weighted by Crippen LogP contribution is -2.43. The van der Waals surface area contributed by atoms with Gasteiger partial charge in [-0.2, -0.15) is 5.26 Å². The van der Waals surface area contributed by atoms with E-state index in [1.54, 1.807) is 0 Å². The van der Waals surface area contributed by atoms with Crippen LogP contribution in [0.3, 0.4) is 0 Å². The van der Waals surface area contributed by atoms with Crippen LogP contribution in [0.25, 0.3) is 0 Å². The Bertz CT molecular complexity index is 271. The van der Waals surface area contributed by atoms with Crippen molar-refractivity contribution in [1.82, 2.24) is 10.2 Å². The van der Waals surface area contributed by atoms with Crippen molar-refractivity contribution < 1.29 is 0 Å². The second-order valence-electron chi connectivity index (χ2n) is 5.57. The topological polar surface area (TPSA) is 39.1 Å². The SMILES string of the molecule is CCNC1(C#N)CCC(N(C)CC(C)CC)C1. The van der Waals surface area contributed by atoms with Crippen LogP contribution in [-0.4, -0.2) is 36.6 Å². The van der Waals surface area contributed by atoms with Crippen molar-refractivity contribution >= 4 is 0 Å². The van der Waals surface area contributed by atoms with Crippen LogP contribution >= 0.6 is 0 Å². The van der Waals surface area contributed by atoms with Crippen LogP contribution in [-0.2, 0) is 0 Å². The van der Waals surface area contributed by atoms with E-state index >= 15 is 0 Å². The standard InChI is InChI=1S/C14H27N3/c1-5-12(3)10-17(4)13-7-8-14(9-13,11-15)16-6-2/h12-13,16H,5-10H2,1-4H3. The van der Waals surface area contributed by atoms with Crippen molar-refractivity contribution in [3.8, 4) is 6.07 Å².